The summed E-state index contributed by atoms with van der Waals surface area (Å²) in [5.41, 5.74) is 1.32. The number of nitrogens with one attached hydrogen (secondary N) is 1. The SMILES string of the molecule is CCC(CC(=O)O)C(=O)c1ccc2c(c1)NCC(C)O2. The highest BCUT2D eigenvalue weighted by molar-refractivity contribution is 6.00. The molecular formula is C15H19NO4. The maximum Gasteiger partial charge on any atom is 0.304 e. The lowest BCUT2D eigenvalue weighted by Gasteiger charge is -2.25. The van der Waals surface area contributed by atoms with Crippen LogP contribution in [0.2, 0.25) is 0 Å². The summed E-state index contributed by atoms with van der Waals surface area (Å²) < 4.78 is 5.65. The number of rotatable bonds is 5. The van der Waals surface area contributed by atoms with Crippen molar-refractivity contribution < 1.29 is 19.4 Å². The fourth-order valence-corrected chi connectivity index (χ4v) is 2.31. The average molecular weight is 277 g/mol. The number of ketones is 1. The van der Waals surface area contributed by atoms with Crippen molar-refractivity contribution in [2.24, 2.45) is 5.92 Å². The Balaban J connectivity index is 2.20. The molecule has 5 nitrogen and oxygen atoms in total. The summed E-state index contributed by atoms with van der Waals surface area (Å²) in [6.45, 7) is 4.49. The molecule has 108 valence electrons. The van der Waals surface area contributed by atoms with Gasteiger partial charge in [-0.05, 0) is 31.5 Å². The predicted molar refractivity (Wildman–Crippen MR) is 75.4 cm³/mol. The number of carboxylic acids is 1. The van der Waals surface area contributed by atoms with Gasteiger partial charge in [0.05, 0.1) is 18.7 Å². The molecule has 1 aliphatic heterocycles. The summed E-state index contributed by atoms with van der Waals surface area (Å²) in [4.78, 5) is 23.1. The van der Waals surface area contributed by atoms with E-state index in [4.69, 9.17) is 9.84 Å². The molecule has 1 heterocycles. The average Bonchev–Trinajstić information content (AvgIpc) is 2.43. The van der Waals surface area contributed by atoms with Gasteiger partial charge in [-0.15, -0.1) is 0 Å². The Bertz CT molecular complexity index is 527. The number of hydrogen-bond donors (Lipinski definition) is 2. The van der Waals surface area contributed by atoms with Gasteiger partial charge in [0.15, 0.2) is 5.78 Å². The fraction of sp³-hybridized carbons (Fsp3) is 0.467. The number of carboxylic acid groups (broad SMARTS) is 1. The molecule has 0 spiro atoms. The van der Waals surface area contributed by atoms with Crippen LogP contribution in [0.25, 0.3) is 0 Å². The van der Waals surface area contributed by atoms with Crippen molar-refractivity contribution in [3.05, 3.63) is 23.8 Å². The van der Waals surface area contributed by atoms with Crippen molar-refractivity contribution >= 4 is 17.4 Å². The fourth-order valence-electron chi connectivity index (χ4n) is 2.31. The van der Waals surface area contributed by atoms with Crippen LogP contribution in [-0.4, -0.2) is 29.5 Å². The Morgan fingerprint density at radius 1 is 1.50 bits per heavy atom. The van der Waals surface area contributed by atoms with Gasteiger partial charge in [0.2, 0.25) is 0 Å². The van der Waals surface area contributed by atoms with Crippen LogP contribution in [0.3, 0.4) is 0 Å². The van der Waals surface area contributed by atoms with Gasteiger partial charge < -0.3 is 15.2 Å². The first-order valence-electron chi connectivity index (χ1n) is 6.81. The maximum absolute atomic E-state index is 12.3. The van der Waals surface area contributed by atoms with Crippen LogP contribution in [-0.2, 0) is 4.79 Å². The summed E-state index contributed by atoms with van der Waals surface area (Å²) >= 11 is 0. The number of aliphatic carboxylic acids is 1. The van der Waals surface area contributed by atoms with E-state index in [0.717, 1.165) is 11.4 Å². The van der Waals surface area contributed by atoms with Gasteiger partial charge in [-0.1, -0.05) is 6.92 Å². The third-order valence-corrected chi connectivity index (χ3v) is 3.46. The second kappa shape index (κ2) is 5.94. The molecule has 1 aromatic rings. The Morgan fingerprint density at radius 3 is 2.90 bits per heavy atom. The number of carbonyl (C=O) groups is 2. The van der Waals surface area contributed by atoms with E-state index in [1.54, 1.807) is 18.2 Å². The van der Waals surface area contributed by atoms with Gasteiger partial charge in [0, 0.05) is 11.5 Å². The molecule has 2 rings (SSSR count). The Hall–Kier alpha value is -2.04. The normalized spacial score (nSPS) is 18.4. The molecule has 1 aliphatic rings. The third-order valence-electron chi connectivity index (χ3n) is 3.46. The molecule has 0 saturated heterocycles. The zero-order chi connectivity index (χ0) is 14.7. The standard InChI is InChI=1S/C15H19NO4/c1-3-10(7-14(17)18)15(19)11-4-5-13-12(6-11)16-8-9(2)20-13/h4-6,9-10,16H,3,7-8H2,1-2H3,(H,17,18). The molecule has 0 amide bonds. The van der Waals surface area contributed by atoms with Gasteiger partial charge in [-0.2, -0.15) is 0 Å². The van der Waals surface area contributed by atoms with E-state index < -0.39 is 11.9 Å². The zero-order valence-electron chi connectivity index (χ0n) is 11.7. The monoisotopic (exact) mass is 277 g/mol. The molecule has 0 aliphatic carbocycles. The van der Waals surface area contributed by atoms with Gasteiger partial charge in [0.1, 0.15) is 11.9 Å². The van der Waals surface area contributed by atoms with E-state index in [-0.39, 0.29) is 18.3 Å². The van der Waals surface area contributed by atoms with E-state index in [0.29, 0.717) is 18.5 Å². The number of hydrogen-bond acceptors (Lipinski definition) is 4. The van der Waals surface area contributed by atoms with Crippen molar-refractivity contribution in [2.75, 3.05) is 11.9 Å². The van der Waals surface area contributed by atoms with E-state index in [1.165, 1.54) is 0 Å². The molecule has 0 saturated carbocycles. The quantitative estimate of drug-likeness (QED) is 0.809. The number of fused-ring (bicyclic) bond motifs is 1. The lowest BCUT2D eigenvalue weighted by Crippen LogP contribution is -2.28. The van der Waals surface area contributed by atoms with Gasteiger partial charge in [-0.3, -0.25) is 9.59 Å². The van der Waals surface area contributed by atoms with E-state index >= 15 is 0 Å². The minimum atomic E-state index is -0.946. The van der Waals surface area contributed by atoms with Crippen molar-refractivity contribution in [3.8, 4) is 5.75 Å². The molecule has 2 N–H and O–H groups in total. The lowest BCUT2D eigenvalue weighted by molar-refractivity contribution is -0.137. The molecule has 0 aromatic heterocycles. The predicted octanol–water partition coefficient (Wildman–Crippen LogP) is 2.56. The molecule has 1 aromatic carbocycles. The Kier molecular flexibility index (Phi) is 4.27. The van der Waals surface area contributed by atoms with Crippen molar-refractivity contribution in [3.63, 3.8) is 0 Å². The molecule has 2 atom stereocenters. The third kappa shape index (κ3) is 3.10. The van der Waals surface area contributed by atoms with Gasteiger partial charge >= 0.3 is 5.97 Å². The summed E-state index contributed by atoms with van der Waals surface area (Å²) in [5, 5.41) is 12.1. The minimum Gasteiger partial charge on any atom is -0.487 e. The first-order valence-corrected chi connectivity index (χ1v) is 6.81. The number of Topliss-reactive ketones (excluding diaryl/α,β-unsaturated/α-hetero) is 1. The van der Waals surface area contributed by atoms with Crippen LogP contribution in [0.4, 0.5) is 5.69 Å². The van der Waals surface area contributed by atoms with Crippen LogP contribution >= 0.6 is 0 Å². The van der Waals surface area contributed by atoms with Crippen molar-refractivity contribution in [1.29, 1.82) is 0 Å². The molecule has 0 bridgehead atoms. The van der Waals surface area contributed by atoms with Crippen LogP contribution in [0.5, 0.6) is 5.75 Å². The van der Waals surface area contributed by atoms with Gasteiger partial charge in [-0.25, -0.2) is 0 Å². The van der Waals surface area contributed by atoms with Gasteiger partial charge in [0.25, 0.3) is 0 Å². The van der Waals surface area contributed by atoms with Crippen LogP contribution in [0, 0.1) is 5.92 Å². The smallest absolute Gasteiger partial charge is 0.304 e. The highest BCUT2D eigenvalue weighted by Crippen LogP contribution is 2.31. The highest BCUT2D eigenvalue weighted by Gasteiger charge is 2.23. The zero-order valence-corrected chi connectivity index (χ0v) is 11.7. The van der Waals surface area contributed by atoms with E-state index in [9.17, 15) is 9.59 Å². The molecule has 5 heteroatoms. The summed E-state index contributed by atoms with van der Waals surface area (Å²) in [5.74, 6) is -0.822. The Labute approximate surface area is 117 Å². The minimum absolute atomic E-state index is 0.0967. The largest absolute Gasteiger partial charge is 0.487 e. The number of ether oxygens (including phenoxy) is 1. The second-order valence-corrected chi connectivity index (χ2v) is 5.09. The van der Waals surface area contributed by atoms with Crippen LogP contribution < -0.4 is 10.1 Å². The van der Waals surface area contributed by atoms with E-state index in [2.05, 4.69) is 5.32 Å². The Morgan fingerprint density at radius 2 is 2.25 bits per heavy atom. The van der Waals surface area contributed by atoms with Crippen molar-refractivity contribution in [2.45, 2.75) is 32.8 Å². The van der Waals surface area contributed by atoms with Crippen LogP contribution in [0.1, 0.15) is 37.0 Å². The molecule has 20 heavy (non-hydrogen) atoms. The molecule has 2 unspecified atom stereocenters. The number of anilines is 1. The maximum atomic E-state index is 12.3. The summed E-state index contributed by atoms with van der Waals surface area (Å²) in [6, 6.07) is 5.21. The number of carbonyl (C=O) groups excluding carboxylic acids is 1. The van der Waals surface area contributed by atoms with Crippen molar-refractivity contribution in [1.82, 2.24) is 0 Å². The first-order chi connectivity index (χ1) is 9.51. The first kappa shape index (κ1) is 14.4. The second-order valence-electron chi connectivity index (χ2n) is 5.09. The molecule has 0 radical (unpaired) electrons. The summed E-state index contributed by atoms with van der Waals surface area (Å²) in [7, 11) is 0. The lowest BCUT2D eigenvalue weighted by atomic mass is 9.92. The van der Waals surface area contributed by atoms with E-state index in [1.807, 2.05) is 13.8 Å². The topological polar surface area (TPSA) is 75.6 Å². The highest BCUT2D eigenvalue weighted by atomic mass is 16.5. The molecule has 0 fully saturated rings. The summed E-state index contributed by atoms with van der Waals surface area (Å²) in [6.07, 6.45) is 0.482. The van der Waals surface area contributed by atoms with Crippen LogP contribution in [0.15, 0.2) is 18.2 Å². The molecular weight excluding hydrogens is 258 g/mol. The number of benzene rings is 1.